The van der Waals surface area contributed by atoms with Gasteiger partial charge >= 0.3 is 0 Å². The molecule has 0 atom stereocenters. The van der Waals surface area contributed by atoms with Crippen molar-refractivity contribution in [2.45, 2.75) is 20.4 Å². The van der Waals surface area contributed by atoms with Crippen LogP contribution in [0.3, 0.4) is 0 Å². The summed E-state index contributed by atoms with van der Waals surface area (Å²) in [5.41, 5.74) is -1.47. The number of nitro groups is 1. The largest absolute Gasteiger partial charge is 0.506 e. The average Bonchev–Trinajstić information content (AvgIpc) is 2.63. The van der Waals surface area contributed by atoms with Gasteiger partial charge < -0.3 is 10.2 Å². The number of nitrogens with zero attached hydrogens (tertiary/aromatic N) is 5. The maximum absolute atomic E-state index is 12.6. The molecule has 0 radical (unpaired) electrons. The third kappa shape index (κ3) is 3.82. The highest BCUT2D eigenvalue weighted by molar-refractivity contribution is 5.68. The molecule has 1 aromatic carbocycles. The second kappa shape index (κ2) is 7.92. The maximum atomic E-state index is 12.6. The number of non-ortho nitro benzene ring substituents is 1. The molecule has 0 saturated heterocycles. The Morgan fingerprint density at radius 1 is 1.37 bits per heavy atom. The van der Waals surface area contributed by atoms with Gasteiger partial charge in [-0.3, -0.25) is 19.5 Å². The molecule has 0 unspecified atom stereocenters. The fourth-order valence-corrected chi connectivity index (χ4v) is 2.23. The Morgan fingerprint density at radius 2 is 2.07 bits per heavy atom. The monoisotopic (exact) mass is 369 g/mol. The van der Waals surface area contributed by atoms with Crippen molar-refractivity contribution in [3.8, 4) is 11.6 Å². The second-order valence-corrected chi connectivity index (χ2v) is 5.37. The number of aromatic nitrogens is 1. The lowest BCUT2D eigenvalue weighted by atomic mass is 10.2. The zero-order valence-corrected chi connectivity index (χ0v) is 14.4. The fourth-order valence-electron chi connectivity index (χ4n) is 2.23. The Kier molecular flexibility index (Phi) is 5.67. The Labute approximate surface area is 153 Å². The van der Waals surface area contributed by atoms with Gasteiger partial charge in [0.1, 0.15) is 17.1 Å². The molecule has 10 nitrogen and oxygen atoms in total. The predicted molar refractivity (Wildman–Crippen MR) is 97.1 cm³/mol. The highest BCUT2D eigenvalue weighted by Crippen LogP contribution is 2.36. The lowest BCUT2D eigenvalue weighted by Crippen LogP contribution is -2.20. The number of hydrogen-bond donors (Lipinski definition) is 2. The number of phenolic OH excluding ortho intramolecular Hbond substituents is 1. The van der Waals surface area contributed by atoms with E-state index in [0.717, 1.165) is 22.8 Å². The van der Waals surface area contributed by atoms with Crippen LogP contribution in [0.2, 0.25) is 0 Å². The number of aromatic hydroxyl groups is 2. The van der Waals surface area contributed by atoms with Gasteiger partial charge in [-0.25, -0.2) is 4.85 Å². The first-order valence-electron chi connectivity index (χ1n) is 7.65. The van der Waals surface area contributed by atoms with Crippen molar-refractivity contribution in [1.29, 1.82) is 0 Å². The van der Waals surface area contributed by atoms with E-state index in [4.69, 9.17) is 6.57 Å². The van der Waals surface area contributed by atoms with Crippen LogP contribution in [-0.2, 0) is 6.54 Å². The lowest BCUT2D eigenvalue weighted by Gasteiger charge is -2.11. The summed E-state index contributed by atoms with van der Waals surface area (Å²) in [6.45, 7) is 10.4. The molecule has 2 N–H and O–H groups in total. The van der Waals surface area contributed by atoms with Crippen molar-refractivity contribution in [3.63, 3.8) is 0 Å². The van der Waals surface area contributed by atoms with Gasteiger partial charge in [0.15, 0.2) is 5.88 Å². The van der Waals surface area contributed by atoms with Gasteiger partial charge in [-0.05, 0) is 25.5 Å². The molecule has 2 rings (SSSR count). The van der Waals surface area contributed by atoms with Crippen LogP contribution in [0, 0.1) is 23.6 Å². The summed E-state index contributed by atoms with van der Waals surface area (Å²) in [7, 11) is 0. The number of hydrogen-bond acceptors (Lipinski definition) is 7. The number of azo groups is 1. The van der Waals surface area contributed by atoms with E-state index in [0.29, 0.717) is 0 Å². The van der Waals surface area contributed by atoms with Crippen molar-refractivity contribution >= 4 is 22.7 Å². The third-order valence-electron chi connectivity index (χ3n) is 3.69. The van der Waals surface area contributed by atoms with Crippen LogP contribution in [0.25, 0.3) is 4.85 Å². The molecule has 0 spiro atoms. The van der Waals surface area contributed by atoms with Crippen molar-refractivity contribution < 1.29 is 15.1 Å². The number of rotatable bonds is 5. The standard InChI is InChI=1S/C17H15N5O5/c1-4-5-8-21-16(24)14(18-3)10(2)15(17(21)25)20-19-12-9-11(22(26)27)6-7-13(12)23/h4-7,9,23-24H,8H2,1-2H3/b5-4+,20-19?. The van der Waals surface area contributed by atoms with E-state index >= 15 is 0 Å². The molecule has 0 saturated carbocycles. The van der Waals surface area contributed by atoms with Crippen LogP contribution < -0.4 is 5.56 Å². The molecule has 10 heteroatoms. The molecule has 0 fully saturated rings. The summed E-state index contributed by atoms with van der Waals surface area (Å²) >= 11 is 0. The molecule has 0 amide bonds. The molecule has 2 aromatic rings. The van der Waals surface area contributed by atoms with Crippen LogP contribution >= 0.6 is 0 Å². The van der Waals surface area contributed by atoms with E-state index in [1.165, 1.54) is 6.92 Å². The van der Waals surface area contributed by atoms with Crippen molar-refractivity contribution in [3.05, 3.63) is 67.8 Å². The van der Waals surface area contributed by atoms with E-state index in [-0.39, 0.29) is 40.6 Å². The molecular weight excluding hydrogens is 354 g/mol. The van der Waals surface area contributed by atoms with Gasteiger partial charge in [-0.15, -0.1) is 10.2 Å². The van der Waals surface area contributed by atoms with Crippen LogP contribution in [0.15, 0.2) is 45.4 Å². The summed E-state index contributed by atoms with van der Waals surface area (Å²) in [5, 5.41) is 38.3. The number of benzene rings is 1. The Balaban J connectivity index is 2.64. The molecule has 0 aliphatic heterocycles. The fraction of sp³-hybridized carbons (Fsp3) is 0.176. The maximum Gasteiger partial charge on any atom is 0.279 e. The minimum atomic E-state index is -0.691. The highest BCUT2D eigenvalue weighted by Gasteiger charge is 2.19. The quantitative estimate of drug-likeness (QED) is 0.270. The first kappa shape index (κ1) is 19.3. The van der Waals surface area contributed by atoms with E-state index in [1.54, 1.807) is 19.1 Å². The number of pyridine rings is 1. The molecule has 1 aromatic heterocycles. The SMILES string of the molecule is [C-]#[N+]c1c(C)c(N=Nc2cc([N+](=O)[O-])ccc2O)c(=O)n(C/C=C/C)c1O. The number of phenols is 1. The Morgan fingerprint density at radius 3 is 2.67 bits per heavy atom. The Hall–Kier alpha value is -4.00. The normalized spacial score (nSPS) is 11.1. The average molecular weight is 369 g/mol. The van der Waals surface area contributed by atoms with Gasteiger partial charge in [0.25, 0.3) is 11.2 Å². The predicted octanol–water partition coefficient (Wildman–Crippen LogP) is 4.02. The van der Waals surface area contributed by atoms with E-state index in [1.807, 2.05) is 0 Å². The van der Waals surface area contributed by atoms with Crippen LogP contribution in [0.1, 0.15) is 12.5 Å². The molecular formula is C17H15N5O5. The van der Waals surface area contributed by atoms with E-state index in [2.05, 4.69) is 15.1 Å². The van der Waals surface area contributed by atoms with Gasteiger partial charge in [0, 0.05) is 18.7 Å². The van der Waals surface area contributed by atoms with Crippen LogP contribution in [0.5, 0.6) is 11.6 Å². The third-order valence-corrected chi connectivity index (χ3v) is 3.69. The summed E-state index contributed by atoms with van der Waals surface area (Å²) in [5.74, 6) is -0.844. The lowest BCUT2D eigenvalue weighted by molar-refractivity contribution is -0.384. The van der Waals surface area contributed by atoms with Crippen molar-refractivity contribution in [2.24, 2.45) is 10.2 Å². The van der Waals surface area contributed by atoms with Gasteiger partial charge in [-0.1, -0.05) is 12.2 Å². The number of nitro benzene ring substituents is 1. The zero-order chi connectivity index (χ0) is 20.1. The first-order chi connectivity index (χ1) is 12.8. The van der Waals surface area contributed by atoms with Gasteiger partial charge in [-0.2, -0.15) is 0 Å². The molecule has 1 heterocycles. The van der Waals surface area contributed by atoms with Crippen LogP contribution in [0.4, 0.5) is 22.7 Å². The minimum Gasteiger partial charge on any atom is -0.506 e. The molecule has 0 aliphatic carbocycles. The summed E-state index contributed by atoms with van der Waals surface area (Å²) in [6, 6.07) is 3.19. The molecule has 0 aliphatic rings. The molecule has 0 bridgehead atoms. The second-order valence-electron chi connectivity index (χ2n) is 5.37. The Bertz CT molecular complexity index is 1060. The van der Waals surface area contributed by atoms with Crippen molar-refractivity contribution in [1.82, 2.24) is 4.57 Å². The zero-order valence-electron chi connectivity index (χ0n) is 14.4. The summed E-state index contributed by atoms with van der Waals surface area (Å²) in [6.07, 6.45) is 3.28. The van der Waals surface area contributed by atoms with Gasteiger partial charge in [0.2, 0.25) is 5.69 Å². The molecule has 27 heavy (non-hydrogen) atoms. The minimum absolute atomic E-state index is 0.0224. The highest BCUT2D eigenvalue weighted by atomic mass is 16.6. The van der Waals surface area contributed by atoms with Gasteiger partial charge in [0.05, 0.1) is 11.5 Å². The summed E-state index contributed by atoms with van der Waals surface area (Å²) < 4.78 is 0.960. The smallest absolute Gasteiger partial charge is 0.279 e. The van der Waals surface area contributed by atoms with E-state index in [9.17, 15) is 25.1 Å². The number of allylic oxidation sites excluding steroid dienone is 2. The topological polar surface area (TPSA) is 135 Å². The van der Waals surface area contributed by atoms with E-state index < -0.39 is 16.4 Å². The summed E-state index contributed by atoms with van der Waals surface area (Å²) in [4.78, 5) is 26.0. The first-order valence-corrected chi connectivity index (χ1v) is 7.65. The molecule has 138 valence electrons. The van der Waals surface area contributed by atoms with Crippen LogP contribution in [-0.4, -0.2) is 19.7 Å². The van der Waals surface area contributed by atoms with Crippen molar-refractivity contribution in [2.75, 3.05) is 0 Å².